The lowest BCUT2D eigenvalue weighted by Gasteiger charge is -2.21. The summed E-state index contributed by atoms with van der Waals surface area (Å²) in [5, 5.41) is 11.6. The Kier molecular flexibility index (Phi) is 5.23. The molecule has 0 bridgehead atoms. The van der Waals surface area contributed by atoms with Gasteiger partial charge in [-0.3, -0.25) is 0 Å². The summed E-state index contributed by atoms with van der Waals surface area (Å²) in [7, 11) is 0. The number of anilines is 3. The highest BCUT2D eigenvalue weighted by atomic mass is 15.3. The van der Waals surface area contributed by atoms with Crippen LogP contribution in [0.1, 0.15) is 23.6 Å². The van der Waals surface area contributed by atoms with Gasteiger partial charge < -0.3 is 10.2 Å². The van der Waals surface area contributed by atoms with Crippen LogP contribution < -0.4 is 10.2 Å². The van der Waals surface area contributed by atoms with Crippen LogP contribution in [-0.4, -0.2) is 21.7 Å². The van der Waals surface area contributed by atoms with Crippen molar-refractivity contribution in [1.29, 1.82) is 0 Å². The van der Waals surface area contributed by atoms with Crippen LogP contribution >= 0.6 is 0 Å². The topological polar surface area (TPSA) is 53.9 Å². The number of hydrogen-bond acceptors (Lipinski definition) is 5. The molecule has 0 amide bonds. The van der Waals surface area contributed by atoms with E-state index in [0.29, 0.717) is 12.5 Å². The Morgan fingerprint density at radius 1 is 1.00 bits per heavy atom. The predicted molar refractivity (Wildman–Crippen MR) is 102 cm³/mol. The standard InChI is InChI=1S/C20H23N5/c1-4-25(18-7-5-6-16(3)12-18)20-23-19(14-22-24-20)21-13-17-10-8-15(2)9-11-17/h5-12,14H,4,13H2,1-3H3,(H,21,23,24). The van der Waals surface area contributed by atoms with Gasteiger partial charge in [-0.15, -0.1) is 5.10 Å². The molecule has 0 saturated heterocycles. The fourth-order valence-electron chi connectivity index (χ4n) is 2.63. The molecule has 5 nitrogen and oxygen atoms in total. The van der Waals surface area contributed by atoms with Crippen LogP contribution in [0.4, 0.5) is 17.5 Å². The quantitative estimate of drug-likeness (QED) is 0.730. The molecule has 2 aromatic carbocycles. The molecule has 1 aromatic heterocycles. The van der Waals surface area contributed by atoms with Crippen molar-refractivity contribution in [2.45, 2.75) is 27.3 Å². The summed E-state index contributed by atoms with van der Waals surface area (Å²) in [5.41, 5.74) is 4.74. The molecule has 5 heteroatoms. The van der Waals surface area contributed by atoms with Crippen LogP contribution in [0.5, 0.6) is 0 Å². The number of rotatable bonds is 6. The molecule has 0 spiro atoms. The fourth-order valence-corrected chi connectivity index (χ4v) is 2.63. The summed E-state index contributed by atoms with van der Waals surface area (Å²) in [6, 6.07) is 16.8. The average Bonchev–Trinajstić information content (AvgIpc) is 2.62. The first-order valence-electron chi connectivity index (χ1n) is 8.49. The first kappa shape index (κ1) is 16.9. The van der Waals surface area contributed by atoms with Crippen molar-refractivity contribution in [2.24, 2.45) is 0 Å². The lowest BCUT2D eigenvalue weighted by molar-refractivity contribution is 0.880. The van der Waals surface area contributed by atoms with E-state index >= 15 is 0 Å². The highest BCUT2D eigenvalue weighted by molar-refractivity contribution is 5.58. The second-order valence-corrected chi connectivity index (χ2v) is 6.06. The summed E-state index contributed by atoms with van der Waals surface area (Å²) in [4.78, 5) is 6.68. The van der Waals surface area contributed by atoms with Gasteiger partial charge in [0.25, 0.3) is 5.95 Å². The van der Waals surface area contributed by atoms with Crippen LogP contribution in [0, 0.1) is 13.8 Å². The van der Waals surface area contributed by atoms with Crippen LogP contribution in [0.25, 0.3) is 0 Å². The summed E-state index contributed by atoms with van der Waals surface area (Å²) < 4.78 is 0. The van der Waals surface area contributed by atoms with Gasteiger partial charge in [-0.1, -0.05) is 42.0 Å². The van der Waals surface area contributed by atoms with Crippen LogP contribution in [0.3, 0.4) is 0 Å². The highest BCUT2D eigenvalue weighted by Crippen LogP contribution is 2.23. The number of hydrogen-bond donors (Lipinski definition) is 1. The number of nitrogens with one attached hydrogen (secondary N) is 1. The molecule has 0 aliphatic heterocycles. The van der Waals surface area contributed by atoms with Gasteiger partial charge in [-0.25, -0.2) is 0 Å². The molecule has 1 N–H and O–H groups in total. The first-order valence-corrected chi connectivity index (χ1v) is 8.49. The van der Waals surface area contributed by atoms with E-state index in [1.54, 1.807) is 6.20 Å². The normalized spacial score (nSPS) is 10.5. The van der Waals surface area contributed by atoms with Crippen molar-refractivity contribution in [1.82, 2.24) is 15.2 Å². The van der Waals surface area contributed by atoms with Crippen molar-refractivity contribution in [2.75, 3.05) is 16.8 Å². The van der Waals surface area contributed by atoms with E-state index < -0.39 is 0 Å². The van der Waals surface area contributed by atoms with Crippen molar-refractivity contribution in [3.63, 3.8) is 0 Å². The Morgan fingerprint density at radius 2 is 1.80 bits per heavy atom. The van der Waals surface area contributed by atoms with E-state index in [0.717, 1.165) is 18.1 Å². The molecule has 25 heavy (non-hydrogen) atoms. The average molecular weight is 333 g/mol. The third-order valence-electron chi connectivity index (χ3n) is 4.01. The van der Waals surface area contributed by atoms with Gasteiger partial charge in [0.1, 0.15) is 0 Å². The molecule has 0 unspecified atom stereocenters. The van der Waals surface area contributed by atoms with Crippen LogP contribution in [0.2, 0.25) is 0 Å². The molecule has 0 aliphatic rings. The molecular formula is C20H23N5. The number of aromatic nitrogens is 3. The summed E-state index contributed by atoms with van der Waals surface area (Å²) in [5.74, 6) is 1.32. The zero-order valence-corrected chi connectivity index (χ0v) is 14.9. The van der Waals surface area contributed by atoms with Gasteiger partial charge in [-0.2, -0.15) is 10.1 Å². The lowest BCUT2D eigenvalue weighted by atomic mass is 10.1. The van der Waals surface area contributed by atoms with E-state index in [1.807, 2.05) is 6.07 Å². The van der Waals surface area contributed by atoms with Gasteiger partial charge in [0.2, 0.25) is 0 Å². The van der Waals surface area contributed by atoms with E-state index in [2.05, 4.69) is 88.6 Å². The molecule has 0 aliphatic carbocycles. The molecule has 0 atom stereocenters. The molecule has 0 saturated carbocycles. The molecule has 1 heterocycles. The largest absolute Gasteiger partial charge is 0.365 e. The van der Waals surface area contributed by atoms with Crippen molar-refractivity contribution < 1.29 is 0 Å². The van der Waals surface area contributed by atoms with Gasteiger partial charge in [0.15, 0.2) is 5.82 Å². The smallest absolute Gasteiger partial charge is 0.251 e. The molecule has 0 fully saturated rings. The van der Waals surface area contributed by atoms with Crippen molar-refractivity contribution in [3.8, 4) is 0 Å². The van der Waals surface area contributed by atoms with Crippen LogP contribution in [-0.2, 0) is 6.54 Å². The monoisotopic (exact) mass is 333 g/mol. The maximum atomic E-state index is 4.62. The van der Waals surface area contributed by atoms with Crippen molar-refractivity contribution >= 4 is 17.5 Å². The van der Waals surface area contributed by atoms with Gasteiger partial charge in [-0.05, 0) is 44.0 Å². The Bertz CT molecular complexity index is 829. The second-order valence-electron chi connectivity index (χ2n) is 6.06. The Morgan fingerprint density at radius 3 is 2.52 bits per heavy atom. The van der Waals surface area contributed by atoms with E-state index in [4.69, 9.17) is 0 Å². The maximum Gasteiger partial charge on any atom is 0.251 e. The van der Waals surface area contributed by atoms with Gasteiger partial charge in [0, 0.05) is 18.8 Å². The Balaban J connectivity index is 1.76. The van der Waals surface area contributed by atoms with Gasteiger partial charge in [0.05, 0.1) is 6.20 Å². The molecule has 0 radical (unpaired) electrons. The van der Waals surface area contributed by atoms with Crippen LogP contribution in [0.15, 0.2) is 54.7 Å². The number of aryl methyl sites for hydroxylation is 2. The first-order chi connectivity index (χ1) is 12.2. The number of nitrogens with zero attached hydrogens (tertiary/aromatic N) is 4. The highest BCUT2D eigenvalue weighted by Gasteiger charge is 2.11. The lowest BCUT2D eigenvalue weighted by Crippen LogP contribution is -2.20. The molecule has 128 valence electrons. The Hall–Kier alpha value is -2.95. The second kappa shape index (κ2) is 7.75. The van der Waals surface area contributed by atoms with E-state index in [1.165, 1.54) is 16.7 Å². The third kappa shape index (κ3) is 4.32. The zero-order chi connectivity index (χ0) is 17.6. The summed E-state index contributed by atoms with van der Waals surface area (Å²) in [6.07, 6.45) is 1.65. The minimum atomic E-state index is 0.599. The summed E-state index contributed by atoms with van der Waals surface area (Å²) >= 11 is 0. The maximum absolute atomic E-state index is 4.62. The molecular weight excluding hydrogens is 310 g/mol. The minimum absolute atomic E-state index is 0.599. The van der Waals surface area contributed by atoms with Gasteiger partial charge >= 0.3 is 0 Å². The van der Waals surface area contributed by atoms with Crippen molar-refractivity contribution in [3.05, 3.63) is 71.4 Å². The third-order valence-corrected chi connectivity index (χ3v) is 4.01. The minimum Gasteiger partial charge on any atom is -0.365 e. The molecule has 3 aromatic rings. The Labute approximate surface area is 148 Å². The number of benzene rings is 2. The predicted octanol–water partition coefficient (Wildman–Crippen LogP) is 4.26. The molecule has 3 rings (SSSR count). The van der Waals surface area contributed by atoms with E-state index in [9.17, 15) is 0 Å². The SMILES string of the molecule is CCN(c1cccc(C)c1)c1nncc(NCc2ccc(C)cc2)n1. The van der Waals surface area contributed by atoms with E-state index in [-0.39, 0.29) is 0 Å². The summed E-state index contributed by atoms with van der Waals surface area (Å²) in [6.45, 7) is 7.72. The fraction of sp³-hybridized carbons (Fsp3) is 0.250. The zero-order valence-electron chi connectivity index (χ0n) is 14.9.